The van der Waals surface area contributed by atoms with E-state index in [9.17, 15) is 10.1 Å². The van der Waals surface area contributed by atoms with Crippen molar-refractivity contribution in [3.05, 3.63) is 58.3 Å². The van der Waals surface area contributed by atoms with Gasteiger partial charge in [0.05, 0.1) is 23.8 Å². The largest absolute Gasteiger partial charge is 0.378 e. The number of anilines is 2. The van der Waals surface area contributed by atoms with Crippen molar-refractivity contribution in [3.8, 4) is 17.1 Å². The fraction of sp³-hybridized carbons (Fsp3) is 0.263. The highest BCUT2D eigenvalue weighted by Gasteiger charge is 2.27. The molecular formula is C19H20N6O3. The molecule has 1 aliphatic rings. The molecule has 4 rings (SSSR count). The van der Waals surface area contributed by atoms with Crippen molar-refractivity contribution in [2.45, 2.75) is 6.92 Å². The Labute approximate surface area is 161 Å². The van der Waals surface area contributed by atoms with Crippen LogP contribution >= 0.6 is 0 Å². The van der Waals surface area contributed by atoms with Crippen molar-refractivity contribution in [2.24, 2.45) is 0 Å². The van der Waals surface area contributed by atoms with Crippen molar-refractivity contribution >= 4 is 17.2 Å². The number of rotatable bonds is 4. The van der Waals surface area contributed by atoms with Crippen molar-refractivity contribution in [1.82, 2.24) is 14.8 Å². The van der Waals surface area contributed by atoms with Crippen LogP contribution in [0.3, 0.4) is 0 Å². The number of aromatic nitrogens is 3. The Morgan fingerprint density at radius 1 is 1.21 bits per heavy atom. The normalized spacial score (nSPS) is 14.2. The average Bonchev–Trinajstić information content (AvgIpc) is 3.18. The predicted molar refractivity (Wildman–Crippen MR) is 106 cm³/mol. The van der Waals surface area contributed by atoms with Crippen LogP contribution in [0.25, 0.3) is 17.1 Å². The fourth-order valence-electron chi connectivity index (χ4n) is 3.29. The molecule has 0 unspecified atom stereocenters. The third-order valence-electron chi connectivity index (χ3n) is 4.66. The molecule has 28 heavy (non-hydrogen) atoms. The molecule has 9 nitrogen and oxygen atoms in total. The zero-order valence-corrected chi connectivity index (χ0v) is 15.4. The van der Waals surface area contributed by atoms with Gasteiger partial charge in [-0.3, -0.25) is 10.1 Å². The van der Waals surface area contributed by atoms with Gasteiger partial charge in [0.1, 0.15) is 5.69 Å². The number of nitro groups is 1. The van der Waals surface area contributed by atoms with Crippen LogP contribution < -0.4 is 10.6 Å². The minimum atomic E-state index is -0.488. The lowest BCUT2D eigenvalue weighted by Gasteiger charge is -2.28. The van der Waals surface area contributed by atoms with E-state index in [1.54, 1.807) is 16.9 Å². The number of hydrogen-bond acceptors (Lipinski definition) is 7. The zero-order valence-electron chi connectivity index (χ0n) is 15.4. The third-order valence-corrected chi connectivity index (χ3v) is 4.66. The molecule has 9 heteroatoms. The molecule has 3 heterocycles. The molecular weight excluding hydrogens is 360 g/mol. The van der Waals surface area contributed by atoms with E-state index in [4.69, 9.17) is 10.5 Å². The van der Waals surface area contributed by atoms with E-state index in [2.05, 4.69) is 10.1 Å². The summed E-state index contributed by atoms with van der Waals surface area (Å²) < 4.78 is 6.94. The third kappa shape index (κ3) is 3.39. The second kappa shape index (κ2) is 7.28. The minimum Gasteiger partial charge on any atom is -0.378 e. The molecule has 144 valence electrons. The van der Waals surface area contributed by atoms with Gasteiger partial charge in [-0.2, -0.15) is 5.10 Å². The summed E-state index contributed by atoms with van der Waals surface area (Å²) in [5.74, 6) is 0.306. The van der Waals surface area contributed by atoms with Gasteiger partial charge in [-0.1, -0.05) is 23.8 Å². The van der Waals surface area contributed by atoms with Crippen LogP contribution in [0.5, 0.6) is 0 Å². The quantitative estimate of drug-likeness (QED) is 0.547. The van der Waals surface area contributed by atoms with Gasteiger partial charge in [0.2, 0.25) is 5.82 Å². The number of nitrogen functional groups attached to an aromatic ring is 1. The van der Waals surface area contributed by atoms with Gasteiger partial charge >= 0.3 is 5.69 Å². The van der Waals surface area contributed by atoms with Crippen LogP contribution in [0.4, 0.5) is 17.2 Å². The van der Waals surface area contributed by atoms with E-state index >= 15 is 0 Å². The first kappa shape index (κ1) is 17.9. The number of morpholine rings is 1. The molecule has 0 aliphatic carbocycles. The van der Waals surface area contributed by atoms with E-state index in [1.807, 2.05) is 42.2 Å². The highest BCUT2D eigenvalue weighted by molar-refractivity contribution is 5.75. The number of hydrogen-bond donors (Lipinski definition) is 1. The summed E-state index contributed by atoms with van der Waals surface area (Å²) in [5.41, 5.74) is 9.12. The zero-order chi connectivity index (χ0) is 19.7. The number of benzene rings is 1. The highest BCUT2D eigenvalue weighted by Crippen LogP contribution is 2.35. The number of ether oxygens (including phenoxy) is 1. The van der Waals surface area contributed by atoms with Gasteiger partial charge in [0.15, 0.2) is 5.82 Å². The van der Waals surface area contributed by atoms with E-state index in [1.165, 1.54) is 0 Å². The first-order valence-electron chi connectivity index (χ1n) is 8.93. The molecule has 3 aromatic rings. The van der Waals surface area contributed by atoms with Crippen LogP contribution in [0.15, 0.2) is 42.6 Å². The smallest absolute Gasteiger partial charge is 0.334 e. The summed E-state index contributed by atoms with van der Waals surface area (Å²) >= 11 is 0. The maximum atomic E-state index is 11.6. The molecule has 2 aromatic heterocycles. The van der Waals surface area contributed by atoms with Gasteiger partial charge in [0.25, 0.3) is 0 Å². The first-order valence-corrected chi connectivity index (χ1v) is 8.93. The summed E-state index contributed by atoms with van der Waals surface area (Å²) in [6.45, 7) is 4.14. The Bertz CT molecular complexity index is 1030. The maximum absolute atomic E-state index is 11.6. The van der Waals surface area contributed by atoms with Crippen LogP contribution in [0.2, 0.25) is 0 Å². The number of nitrogens with two attached hydrogens (primary N) is 1. The van der Waals surface area contributed by atoms with Gasteiger partial charge in [-0.05, 0) is 19.1 Å². The topological polar surface area (TPSA) is 112 Å². The lowest BCUT2D eigenvalue weighted by atomic mass is 10.1. The Hall–Kier alpha value is -3.46. The molecule has 0 radical (unpaired) electrons. The summed E-state index contributed by atoms with van der Waals surface area (Å²) in [7, 11) is 0. The second-order valence-electron chi connectivity index (χ2n) is 6.60. The average molecular weight is 380 g/mol. The highest BCUT2D eigenvalue weighted by atomic mass is 16.6. The SMILES string of the molecule is Cc1cccc(-c2ccn(-c3cc(N4CCOCC4)c([N+](=O)[O-])c(N)n3)n2)c1. The molecule has 1 fully saturated rings. The molecule has 0 spiro atoms. The summed E-state index contributed by atoms with van der Waals surface area (Å²) in [6.07, 6.45) is 1.77. The molecule has 1 aromatic carbocycles. The second-order valence-corrected chi connectivity index (χ2v) is 6.60. The summed E-state index contributed by atoms with van der Waals surface area (Å²) in [4.78, 5) is 17.2. The van der Waals surface area contributed by atoms with E-state index in [-0.39, 0.29) is 11.5 Å². The summed E-state index contributed by atoms with van der Waals surface area (Å²) in [5, 5.41) is 16.1. The standard InChI is InChI=1S/C19H20N6O3/c1-13-3-2-4-14(11-13)15-5-6-24(22-15)17-12-16(23-7-9-28-10-8-23)18(25(26)27)19(20)21-17/h2-6,11-12H,7-10H2,1H3,(H2,20,21). The number of pyridine rings is 1. The van der Waals surface area contributed by atoms with Crippen LogP contribution in [0.1, 0.15) is 5.56 Å². The molecule has 1 saturated heterocycles. The van der Waals surface area contributed by atoms with Gasteiger partial charge in [-0.15, -0.1) is 0 Å². The van der Waals surface area contributed by atoms with Crippen molar-refractivity contribution in [1.29, 1.82) is 0 Å². The van der Waals surface area contributed by atoms with Crippen molar-refractivity contribution in [3.63, 3.8) is 0 Å². The number of aryl methyl sites for hydroxylation is 1. The first-order chi connectivity index (χ1) is 13.5. The van der Waals surface area contributed by atoms with Gasteiger partial charge < -0.3 is 15.4 Å². The van der Waals surface area contributed by atoms with Gasteiger partial charge in [-0.25, -0.2) is 9.67 Å². The van der Waals surface area contributed by atoms with Crippen molar-refractivity contribution in [2.75, 3.05) is 36.9 Å². The summed E-state index contributed by atoms with van der Waals surface area (Å²) in [6, 6.07) is 11.6. The lowest BCUT2D eigenvalue weighted by molar-refractivity contribution is -0.383. The van der Waals surface area contributed by atoms with Crippen LogP contribution in [-0.2, 0) is 4.74 Å². The molecule has 2 N–H and O–H groups in total. The fourth-order valence-corrected chi connectivity index (χ4v) is 3.29. The number of nitrogens with zero attached hydrogens (tertiary/aromatic N) is 5. The minimum absolute atomic E-state index is 0.128. The van der Waals surface area contributed by atoms with Crippen molar-refractivity contribution < 1.29 is 9.66 Å². The lowest BCUT2D eigenvalue weighted by Crippen LogP contribution is -2.36. The Morgan fingerprint density at radius 2 is 2.00 bits per heavy atom. The maximum Gasteiger partial charge on any atom is 0.334 e. The van der Waals surface area contributed by atoms with Gasteiger partial charge in [0, 0.05) is 30.9 Å². The van der Waals surface area contributed by atoms with E-state index in [0.29, 0.717) is 37.8 Å². The molecule has 1 aliphatic heterocycles. The van der Waals surface area contributed by atoms with Crippen LogP contribution in [0, 0.1) is 17.0 Å². The molecule has 0 atom stereocenters. The predicted octanol–water partition coefficient (Wildman–Crippen LogP) is 2.57. The Kier molecular flexibility index (Phi) is 4.66. The molecule has 0 saturated carbocycles. The Morgan fingerprint density at radius 3 is 2.71 bits per heavy atom. The molecule has 0 amide bonds. The Balaban J connectivity index is 1.76. The molecule has 0 bridgehead atoms. The monoisotopic (exact) mass is 380 g/mol. The van der Waals surface area contributed by atoms with E-state index < -0.39 is 4.92 Å². The van der Waals surface area contributed by atoms with E-state index in [0.717, 1.165) is 16.8 Å². The van der Waals surface area contributed by atoms with Crippen LogP contribution in [-0.4, -0.2) is 46.0 Å².